The van der Waals surface area contributed by atoms with E-state index in [0.29, 0.717) is 12.8 Å². The third-order valence-electron chi connectivity index (χ3n) is 5.13. The van der Waals surface area contributed by atoms with Gasteiger partial charge in [0.1, 0.15) is 23.2 Å². The van der Waals surface area contributed by atoms with Gasteiger partial charge in [-0.05, 0) is 46.5 Å². The molecule has 0 saturated carbocycles. The van der Waals surface area contributed by atoms with Crippen LogP contribution in [0.5, 0.6) is 0 Å². The van der Waals surface area contributed by atoms with Crippen molar-refractivity contribution in [3.8, 4) is 0 Å². The van der Waals surface area contributed by atoms with Crippen LogP contribution in [0.25, 0.3) is 0 Å². The second-order valence-electron chi connectivity index (χ2n) is 9.48. The van der Waals surface area contributed by atoms with E-state index in [4.69, 9.17) is 9.47 Å². The summed E-state index contributed by atoms with van der Waals surface area (Å²) in [6.07, 6.45) is 0.569. The summed E-state index contributed by atoms with van der Waals surface area (Å²) in [7, 11) is 1.26. The summed E-state index contributed by atoms with van der Waals surface area (Å²) in [6, 6.07) is -1.72. The average Bonchev–Trinajstić information content (AvgIpc) is 2.66. The fourth-order valence-electron chi connectivity index (χ4n) is 2.70. The van der Waals surface area contributed by atoms with Gasteiger partial charge in [0, 0.05) is 0 Å². The topological polar surface area (TPSA) is 123 Å². The molecular weight excluding hydrogens is 402 g/mol. The minimum absolute atomic E-state index is 0.149. The van der Waals surface area contributed by atoms with Gasteiger partial charge in [-0.3, -0.25) is 9.59 Å². The molecule has 0 bridgehead atoms. The van der Waals surface area contributed by atoms with E-state index in [1.165, 1.54) is 21.0 Å². The number of ether oxygens (including phenoxy) is 2. The molecule has 0 aliphatic heterocycles. The van der Waals surface area contributed by atoms with Crippen molar-refractivity contribution in [1.29, 1.82) is 0 Å². The van der Waals surface area contributed by atoms with Crippen molar-refractivity contribution in [3.05, 3.63) is 0 Å². The summed E-state index contributed by atoms with van der Waals surface area (Å²) in [5, 5.41) is 7.97. The van der Waals surface area contributed by atoms with Crippen LogP contribution in [0.1, 0.15) is 75.2 Å². The van der Waals surface area contributed by atoms with Gasteiger partial charge in [0.05, 0.1) is 7.11 Å². The third kappa shape index (κ3) is 9.57. The van der Waals surface area contributed by atoms with Crippen molar-refractivity contribution in [2.45, 2.75) is 98.4 Å². The maximum atomic E-state index is 13.0. The molecule has 0 unspecified atom stereocenters. The number of amides is 3. The maximum absolute atomic E-state index is 13.0. The molecule has 3 amide bonds. The van der Waals surface area contributed by atoms with Gasteiger partial charge in [0.15, 0.2) is 0 Å². The van der Waals surface area contributed by atoms with Crippen LogP contribution in [-0.2, 0) is 23.9 Å². The Balaban J connectivity index is 5.42. The number of alkyl carbamates (subject to hydrolysis) is 1. The van der Waals surface area contributed by atoms with Crippen LogP contribution in [0.2, 0.25) is 0 Å². The molecule has 0 rings (SSSR count). The molecule has 9 nitrogen and oxygen atoms in total. The predicted octanol–water partition coefficient (Wildman–Crippen LogP) is 2.52. The quantitative estimate of drug-likeness (QED) is 0.446. The first-order chi connectivity index (χ1) is 14.1. The molecule has 0 aromatic heterocycles. The molecule has 0 aromatic rings. The highest BCUT2D eigenvalue weighted by atomic mass is 16.6. The lowest BCUT2D eigenvalue weighted by atomic mass is 9.95. The summed E-state index contributed by atoms with van der Waals surface area (Å²) in [6.45, 7) is 15.7. The lowest BCUT2D eigenvalue weighted by Crippen LogP contribution is -2.62. The van der Waals surface area contributed by atoms with Crippen LogP contribution in [0.3, 0.4) is 0 Å². The highest BCUT2D eigenvalue weighted by Crippen LogP contribution is 2.15. The minimum atomic E-state index is -1.34. The zero-order valence-electron chi connectivity index (χ0n) is 20.7. The highest BCUT2D eigenvalue weighted by Gasteiger charge is 2.37. The van der Waals surface area contributed by atoms with E-state index in [-0.39, 0.29) is 11.8 Å². The Kier molecular flexibility index (Phi) is 11.0. The molecule has 0 aliphatic rings. The second kappa shape index (κ2) is 11.9. The largest absolute Gasteiger partial charge is 0.467 e. The Hall–Kier alpha value is -2.32. The highest BCUT2D eigenvalue weighted by molar-refractivity contribution is 5.95. The number of hydrogen-bond acceptors (Lipinski definition) is 6. The van der Waals surface area contributed by atoms with Crippen LogP contribution in [0.15, 0.2) is 0 Å². The summed E-state index contributed by atoms with van der Waals surface area (Å²) in [4.78, 5) is 50.1. The number of carbonyl (C=O) groups excluding carboxylic acids is 4. The molecule has 3 N–H and O–H groups in total. The van der Waals surface area contributed by atoms with Crippen molar-refractivity contribution in [2.24, 2.45) is 11.8 Å². The van der Waals surface area contributed by atoms with Crippen LogP contribution >= 0.6 is 0 Å². The van der Waals surface area contributed by atoms with Crippen molar-refractivity contribution in [2.75, 3.05) is 7.11 Å². The van der Waals surface area contributed by atoms with Gasteiger partial charge in [-0.2, -0.15) is 0 Å². The summed E-state index contributed by atoms with van der Waals surface area (Å²) in [5.74, 6) is -1.94. The number of esters is 1. The van der Waals surface area contributed by atoms with Crippen LogP contribution in [0.4, 0.5) is 4.79 Å². The molecule has 180 valence electrons. The Morgan fingerprint density at radius 2 is 1.32 bits per heavy atom. The summed E-state index contributed by atoms with van der Waals surface area (Å²) < 4.78 is 10.1. The fourth-order valence-corrected chi connectivity index (χ4v) is 2.70. The molecule has 0 radical (unpaired) electrons. The van der Waals surface area contributed by atoms with Gasteiger partial charge < -0.3 is 25.4 Å². The first-order valence-corrected chi connectivity index (χ1v) is 10.8. The monoisotopic (exact) mass is 443 g/mol. The number of nitrogens with one attached hydrogen (secondary N) is 3. The Morgan fingerprint density at radius 1 is 0.839 bits per heavy atom. The van der Waals surface area contributed by atoms with Crippen LogP contribution in [-0.4, -0.2) is 54.2 Å². The molecule has 31 heavy (non-hydrogen) atoms. The van der Waals surface area contributed by atoms with Crippen molar-refractivity contribution < 1.29 is 28.7 Å². The Bertz CT molecular complexity index is 642. The third-order valence-corrected chi connectivity index (χ3v) is 5.13. The summed E-state index contributed by atoms with van der Waals surface area (Å²) >= 11 is 0. The van der Waals surface area contributed by atoms with Crippen molar-refractivity contribution in [1.82, 2.24) is 16.0 Å². The first-order valence-electron chi connectivity index (χ1n) is 10.8. The van der Waals surface area contributed by atoms with Gasteiger partial charge in [-0.15, -0.1) is 0 Å². The van der Waals surface area contributed by atoms with E-state index >= 15 is 0 Å². The summed E-state index contributed by atoms with van der Waals surface area (Å²) in [5.41, 5.74) is -2.04. The molecule has 0 heterocycles. The molecule has 0 spiro atoms. The van der Waals surface area contributed by atoms with Crippen LogP contribution < -0.4 is 16.0 Å². The van der Waals surface area contributed by atoms with Crippen molar-refractivity contribution >= 4 is 23.9 Å². The van der Waals surface area contributed by atoms with Gasteiger partial charge in [0.25, 0.3) is 0 Å². The van der Waals surface area contributed by atoms with Gasteiger partial charge in [-0.1, -0.05) is 40.5 Å². The molecule has 0 fully saturated rings. The van der Waals surface area contributed by atoms with Crippen molar-refractivity contribution in [3.63, 3.8) is 0 Å². The van der Waals surface area contributed by atoms with E-state index in [2.05, 4.69) is 16.0 Å². The van der Waals surface area contributed by atoms with Crippen LogP contribution in [0, 0.1) is 11.8 Å². The Labute approximate surface area is 186 Å². The number of hydrogen-bond donors (Lipinski definition) is 3. The van der Waals surface area contributed by atoms with E-state index in [0.717, 1.165) is 0 Å². The van der Waals surface area contributed by atoms with Gasteiger partial charge in [-0.25, -0.2) is 9.59 Å². The zero-order chi connectivity index (χ0) is 24.6. The molecule has 0 aliphatic carbocycles. The van der Waals surface area contributed by atoms with E-state index in [1.54, 1.807) is 20.8 Å². The minimum Gasteiger partial charge on any atom is -0.467 e. The van der Waals surface area contributed by atoms with Gasteiger partial charge >= 0.3 is 12.1 Å². The standard InChI is InChI=1S/C22H41N3O6/c1-11-13(3)15(24-20(29)31-21(5,6)7)17(26)25-22(8,9)19(28)23-16(14(4)12-2)18(27)30-10/h13-16H,11-12H2,1-10H3,(H,23,28)(H,24,29)(H,25,26)/t13-,14-,15-,16-/m0/s1. The Morgan fingerprint density at radius 3 is 1.74 bits per heavy atom. The lowest BCUT2D eigenvalue weighted by molar-refractivity contribution is -0.147. The zero-order valence-corrected chi connectivity index (χ0v) is 20.7. The molecule has 0 aromatic carbocycles. The number of rotatable bonds is 10. The molecule has 9 heteroatoms. The number of methoxy groups -OCH3 is 1. The first kappa shape index (κ1) is 28.7. The normalized spacial score (nSPS) is 15.7. The lowest BCUT2D eigenvalue weighted by Gasteiger charge is -2.32. The van der Waals surface area contributed by atoms with Gasteiger partial charge in [0.2, 0.25) is 11.8 Å². The average molecular weight is 444 g/mol. The SMILES string of the molecule is CC[C@H](C)[C@H](NC(=O)OC(C)(C)C)C(=O)NC(C)(C)C(=O)N[C@H](C(=O)OC)[C@@H](C)CC. The predicted molar refractivity (Wildman–Crippen MR) is 118 cm³/mol. The second-order valence-corrected chi connectivity index (χ2v) is 9.48. The fraction of sp³-hybridized carbons (Fsp3) is 0.818. The van der Waals surface area contributed by atoms with E-state index in [1.807, 2.05) is 27.7 Å². The molecule has 4 atom stereocenters. The smallest absolute Gasteiger partial charge is 0.408 e. The molecular formula is C22H41N3O6. The van der Waals surface area contributed by atoms with E-state index in [9.17, 15) is 19.2 Å². The van der Waals surface area contributed by atoms with E-state index < -0.39 is 47.1 Å². The number of carbonyl (C=O) groups is 4. The molecule has 0 saturated heterocycles. The maximum Gasteiger partial charge on any atom is 0.408 e.